The number of ether oxygens (including phenoxy) is 3. The van der Waals surface area contributed by atoms with Gasteiger partial charge in [0.2, 0.25) is 6.79 Å². The number of benzene rings is 1. The highest BCUT2D eigenvalue weighted by Gasteiger charge is 2.22. The van der Waals surface area contributed by atoms with Crippen molar-refractivity contribution in [3.05, 3.63) is 75.1 Å². The molecule has 1 atom stereocenters. The number of fused-ring (bicyclic) bond motifs is 3. The van der Waals surface area contributed by atoms with Gasteiger partial charge in [-0.3, -0.25) is 19.4 Å². The predicted molar refractivity (Wildman–Crippen MR) is 130 cm³/mol. The standard InChI is InChI=1S/C26H25N5O5/c1-15-4-2-8-30-23(15)29-24-19(26(30)33)11-18(22(27)31(24)13-17-5-3-9-34-17)25(32)28-12-16-6-7-20-21(10-16)36-14-35-20/h2,4,6-8,10-11,17,27H,3,5,9,12-14H2,1H3,(H,28,32)/t17-/m0/s1. The fourth-order valence-electron chi connectivity index (χ4n) is 4.77. The molecule has 1 aromatic carbocycles. The molecule has 184 valence electrons. The van der Waals surface area contributed by atoms with E-state index in [1.807, 2.05) is 25.1 Å². The molecule has 0 saturated carbocycles. The van der Waals surface area contributed by atoms with E-state index >= 15 is 0 Å². The summed E-state index contributed by atoms with van der Waals surface area (Å²) >= 11 is 0. The molecule has 0 unspecified atom stereocenters. The summed E-state index contributed by atoms with van der Waals surface area (Å²) in [5.41, 5.74) is 2.38. The summed E-state index contributed by atoms with van der Waals surface area (Å²) in [7, 11) is 0. The Morgan fingerprint density at radius 1 is 1.19 bits per heavy atom. The van der Waals surface area contributed by atoms with E-state index in [1.165, 1.54) is 10.5 Å². The van der Waals surface area contributed by atoms with Crippen molar-refractivity contribution in [2.75, 3.05) is 13.4 Å². The highest BCUT2D eigenvalue weighted by molar-refractivity contribution is 5.96. The Morgan fingerprint density at radius 3 is 2.89 bits per heavy atom. The van der Waals surface area contributed by atoms with E-state index in [4.69, 9.17) is 24.6 Å². The maximum absolute atomic E-state index is 13.5. The minimum Gasteiger partial charge on any atom is -0.454 e. The molecule has 4 aromatic rings. The molecule has 1 amide bonds. The Hall–Kier alpha value is -4.18. The van der Waals surface area contributed by atoms with Gasteiger partial charge in [0.1, 0.15) is 16.8 Å². The molecule has 1 saturated heterocycles. The molecule has 0 bridgehead atoms. The van der Waals surface area contributed by atoms with Gasteiger partial charge in [0, 0.05) is 19.3 Å². The zero-order valence-corrected chi connectivity index (χ0v) is 19.7. The second kappa shape index (κ2) is 8.80. The molecule has 0 spiro atoms. The second-order valence-electron chi connectivity index (χ2n) is 9.06. The molecule has 10 heteroatoms. The summed E-state index contributed by atoms with van der Waals surface area (Å²) in [4.78, 5) is 31.5. The average molecular weight is 488 g/mol. The quantitative estimate of drug-likeness (QED) is 0.417. The number of nitrogens with one attached hydrogen (secondary N) is 2. The first kappa shape index (κ1) is 22.3. The van der Waals surface area contributed by atoms with E-state index < -0.39 is 5.91 Å². The fourth-order valence-corrected chi connectivity index (χ4v) is 4.77. The molecule has 1 fully saturated rings. The molecule has 36 heavy (non-hydrogen) atoms. The lowest BCUT2D eigenvalue weighted by Gasteiger charge is -2.18. The molecule has 10 nitrogen and oxygen atoms in total. The van der Waals surface area contributed by atoms with Crippen molar-refractivity contribution in [2.24, 2.45) is 0 Å². The van der Waals surface area contributed by atoms with Gasteiger partial charge in [0.25, 0.3) is 11.5 Å². The Bertz CT molecular complexity index is 1630. The molecular weight excluding hydrogens is 462 g/mol. The minimum atomic E-state index is -0.450. The number of nitrogens with zero attached hydrogens (tertiary/aromatic N) is 3. The number of carbonyl (C=O) groups is 1. The van der Waals surface area contributed by atoms with Gasteiger partial charge in [-0.25, -0.2) is 4.98 Å². The van der Waals surface area contributed by atoms with Crippen LogP contribution in [0.5, 0.6) is 11.5 Å². The van der Waals surface area contributed by atoms with Gasteiger partial charge in [0.05, 0.1) is 23.6 Å². The lowest BCUT2D eigenvalue weighted by Crippen LogP contribution is -2.36. The summed E-state index contributed by atoms with van der Waals surface area (Å²) in [6.45, 7) is 3.29. The van der Waals surface area contributed by atoms with Gasteiger partial charge < -0.3 is 24.1 Å². The van der Waals surface area contributed by atoms with E-state index in [0.29, 0.717) is 35.9 Å². The summed E-state index contributed by atoms with van der Waals surface area (Å²) in [6, 6.07) is 10.6. The number of hydrogen-bond acceptors (Lipinski definition) is 7. The molecule has 2 aliphatic rings. The predicted octanol–water partition coefficient (Wildman–Crippen LogP) is 2.27. The van der Waals surface area contributed by atoms with Crippen LogP contribution in [0.3, 0.4) is 0 Å². The van der Waals surface area contributed by atoms with Gasteiger partial charge in [-0.05, 0) is 55.2 Å². The van der Waals surface area contributed by atoms with Crippen LogP contribution in [-0.4, -0.2) is 39.4 Å². The smallest absolute Gasteiger partial charge is 0.267 e. The van der Waals surface area contributed by atoms with Gasteiger partial charge in [-0.1, -0.05) is 12.1 Å². The van der Waals surface area contributed by atoms with Crippen molar-refractivity contribution in [1.82, 2.24) is 19.3 Å². The summed E-state index contributed by atoms with van der Waals surface area (Å²) < 4.78 is 19.7. The third-order valence-electron chi connectivity index (χ3n) is 6.68. The van der Waals surface area contributed by atoms with Crippen LogP contribution < -0.4 is 25.8 Å². The van der Waals surface area contributed by atoms with Crippen molar-refractivity contribution in [2.45, 2.75) is 39.0 Å². The van der Waals surface area contributed by atoms with E-state index in [1.54, 1.807) is 22.9 Å². The number of aryl methyl sites for hydroxylation is 1. The Balaban J connectivity index is 1.43. The van der Waals surface area contributed by atoms with Crippen molar-refractivity contribution < 1.29 is 19.0 Å². The highest BCUT2D eigenvalue weighted by atomic mass is 16.7. The Kier molecular flexibility index (Phi) is 5.45. The lowest BCUT2D eigenvalue weighted by molar-refractivity contribution is 0.0931. The average Bonchev–Trinajstić information content (AvgIpc) is 3.57. The zero-order valence-electron chi connectivity index (χ0n) is 19.7. The molecule has 6 rings (SSSR count). The van der Waals surface area contributed by atoms with Crippen molar-refractivity contribution in [1.29, 1.82) is 5.41 Å². The topological polar surface area (TPSA) is 120 Å². The van der Waals surface area contributed by atoms with Gasteiger partial charge in [-0.2, -0.15) is 0 Å². The molecule has 5 heterocycles. The first-order chi connectivity index (χ1) is 17.5. The Morgan fingerprint density at radius 2 is 2.06 bits per heavy atom. The number of carbonyl (C=O) groups excluding carboxylic acids is 1. The fraction of sp³-hybridized carbons (Fsp3) is 0.308. The normalized spacial score (nSPS) is 16.6. The number of rotatable bonds is 5. The molecule has 3 aromatic heterocycles. The van der Waals surface area contributed by atoms with Crippen molar-refractivity contribution >= 4 is 22.6 Å². The molecule has 0 radical (unpaired) electrons. The van der Waals surface area contributed by atoms with Crippen LogP contribution in [0.15, 0.2) is 47.4 Å². The van der Waals surface area contributed by atoms with E-state index in [-0.39, 0.29) is 41.4 Å². The molecule has 2 aliphatic heterocycles. The van der Waals surface area contributed by atoms with Gasteiger partial charge in [0.15, 0.2) is 11.5 Å². The van der Waals surface area contributed by atoms with Crippen LogP contribution in [0.1, 0.15) is 34.3 Å². The number of amides is 1. The van der Waals surface area contributed by atoms with Gasteiger partial charge >= 0.3 is 0 Å². The van der Waals surface area contributed by atoms with Gasteiger partial charge in [-0.15, -0.1) is 0 Å². The van der Waals surface area contributed by atoms with E-state index in [2.05, 4.69) is 5.32 Å². The van der Waals surface area contributed by atoms with Crippen LogP contribution in [0.25, 0.3) is 16.7 Å². The SMILES string of the molecule is Cc1cccn2c(=O)c3cc(C(=O)NCc4ccc5c(c4)OCO5)c(=N)n(C[C@@H]4CCCO4)c3nc12. The Labute approximate surface area is 205 Å². The maximum Gasteiger partial charge on any atom is 0.267 e. The summed E-state index contributed by atoms with van der Waals surface area (Å²) in [5.74, 6) is 0.845. The third kappa shape index (κ3) is 3.79. The molecule has 2 N–H and O–H groups in total. The summed E-state index contributed by atoms with van der Waals surface area (Å²) in [5, 5.41) is 12.0. The highest BCUT2D eigenvalue weighted by Crippen LogP contribution is 2.32. The molecule has 0 aliphatic carbocycles. The number of hydrogen-bond donors (Lipinski definition) is 2. The minimum absolute atomic E-state index is 0.00831. The third-order valence-corrected chi connectivity index (χ3v) is 6.68. The number of pyridine rings is 2. The first-order valence-corrected chi connectivity index (χ1v) is 11.9. The van der Waals surface area contributed by atoms with E-state index in [9.17, 15) is 9.59 Å². The van der Waals surface area contributed by atoms with Crippen LogP contribution in [0, 0.1) is 12.3 Å². The van der Waals surface area contributed by atoms with Crippen molar-refractivity contribution in [3.8, 4) is 11.5 Å². The monoisotopic (exact) mass is 487 g/mol. The zero-order chi connectivity index (χ0) is 24.8. The molecular formula is C26H25N5O5. The van der Waals surface area contributed by atoms with Crippen LogP contribution in [0.2, 0.25) is 0 Å². The van der Waals surface area contributed by atoms with Crippen LogP contribution in [-0.2, 0) is 17.8 Å². The van der Waals surface area contributed by atoms with E-state index in [0.717, 1.165) is 24.0 Å². The maximum atomic E-state index is 13.5. The van der Waals surface area contributed by atoms with Crippen molar-refractivity contribution in [3.63, 3.8) is 0 Å². The van der Waals surface area contributed by atoms with Crippen LogP contribution in [0.4, 0.5) is 0 Å². The lowest BCUT2D eigenvalue weighted by atomic mass is 10.1. The summed E-state index contributed by atoms with van der Waals surface area (Å²) in [6.07, 6.45) is 3.34. The second-order valence-corrected chi connectivity index (χ2v) is 9.06. The first-order valence-electron chi connectivity index (χ1n) is 11.9. The van der Waals surface area contributed by atoms with Crippen LogP contribution >= 0.6 is 0 Å². The number of aromatic nitrogens is 3. The largest absolute Gasteiger partial charge is 0.454 e.